The van der Waals surface area contributed by atoms with Gasteiger partial charge in [-0.25, -0.2) is 4.98 Å². The Hall–Kier alpha value is -2.80. The highest BCUT2D eigenvalue weighted by atomic mass is 32.2. The highest BCUT2D eigenvalue weighted by Gasteiger charge is 2.35. The summed E-state index contributed by atoms with van der Waals surface area (Å²) in [6, 6.07) is 15.1. The van der Waals surface area contributed by atoms with E-state index in [1.54, 1.807) is 10.6 Å². The van der Waals surface area contributed by atoms with Gasteiger partial charge in [-0.1, -0.05) is 32.4 Å². The predicted molar refractivity (Wildman–Crippen MR) is 133 cm³/mol. The van der Waals surface area contributed by atoms with Crippen LogP contribution in [0.2, 0.25) is 0 Å². The molecule has 1 unspecified atom stereocenters. The number of hydrogen-bond acceptors (Lipinski definition) is 6. The zero-order valence-electron chi connectivity index (χ0n) is 19.8. The summed E-state index contributed by atoms with van der Waals surface area (Å²) < 4.78 is 12.3. The van der Waals surface area contributed by atoms with Crippen LogP contribution in [0.1, 0.15) is 46.4 Å². The fourth-order valence-electron chi connectivity index (χ4n) is 3.79. The summed E-state index contributed by atoms with van der Waals surface area (Å²) in [6.07, 6.45) is 2.30. The maximum atomic E-state index is 12.9. The van der Waals surface area contributed by atoms with Crippen LogP contribution in [0.4, 0.5) is 0 Å². The molecule has 0 saturated heterocycles. The van der Waals surface area contributed by atoms with Crippen LogP contribution in [0.5, 0.6) is 5.75 Å². The Morgan fingerprint density at radius 2 is 1.82 bits per heavy atom. The standard InChI is InChI=1S/C26H32N2O4S/c1-5-16-26(4,25(30)31-7-3)33-20-14-12-19(13-15-20)32-18-17-28-23(6-2)27-22-11-9-8-10-21(22)24(28)29/h8-15H,5-7,16-18H2,1-4H3. The summed E-state index contributed by atoms with van der Waals surface area (Å²) in [5.41, 5.74) is 0.685. The second kappa shape index (κ2) is 11.4. The number of aromatic nitrogens is 2. The normalized spacial score (nSPS) is 13.0. The van der Waals surface area contributed by atoms with Gasteiger partial charge in [0, 0.05) is 11.3 Å². The topological polar surface area (TPSA) is 70.4 Å². The van der Waals surface area contributed by atoms with Crippen molar-refractivity contribution in [2.45, 2.75) is 63.1 Å². The van der Waals surface area contributed by atoms with Gasteiger partial charge in [0.05, 0.1) is 24.1 Å². The molecule has 1 atom stereocenters. The molecule has 0 bridgehead atoms. The lowest BCUT2D eigenvalue weighted by molar-refractivity contribution is -0.145. The molecule has 0 aliphatic rings. The third kappa shape index (κ3) is 5.96. The number of carbonyl (C=O) groups excluding carboxylic acids is 1. The Kier molecular flexibility index (Phi) is 8.55. The highest BCUT2D eigenvalue weighted by molar-refractivity contribution is 8.01. The largest absolute Gasteiger partial charge is 0.492 e. The SMILES string of the molecule is CCCC(C)(Sc1ccc(OCCn2c(CC)nc3ccccc3c2=O)cc1)C(=O)OCC. The predicted octanol–water partition coefficient (Wildman–Crippen LogP) is 5.25. The van der Waals surface area contributed by atoms with Gasteiger partial charge in [-0.15, -0.1) is 11.8 Å². The molecule has 33 heavy (non-hydrogen) atoms. The minimum Gasteiger partial charge on any atom is -0.492 e. The number of hydrogen-bond donors (Lipinski definition) is 0. The molecule has 1 aromatic heterocycles. The van der Waals surface area contributed by atoms with Crippen molar-refractivity contribution in [3.63, 3.8) is 0 Å². The van der Waals surface area contributed by atoms with Gasteiger partial charge in [0.1, 0.15) is 22.9 Å². The summed E-state index contributed by atoms with van der Waals surface area (Å²) in [4.78, 5) is 31.0. The van der Waals surface area contributed by atoms with Crippen molar-refractivity contribution in [1.82, 2.24) is 9.55 Å². The molecule has 6 nitrogen and oxygen atoms in total. The summed E-state index contributed by atoms with van der Waals surface area (Å²) >= 11 is 1.52. The first-order chi connectivity index (χ1) is 15.9. The molecule has 0 fully saturated rings. The van der Waals surface area contributed by atoms with Gasteiger partial charge >= 0.3 is 5.97 Å². The zero-order valence-corrected chi connectivity index (χ0v) is 20.6. The van der Waals surface area contributed by atoms with Crippen molar-refractivity contribution >= 4 is 28.6 Å². The van der Waals surface area contributed by atoms with Crippen LogP contribution in [0.3, 0.4) is 0 Å². The summed E-state index contributed by atoms with van der Waals surface area (Å²) in [5.74, 6) is 1.29. The van der Waals surface area contributed by atoms with Gasteiger partial charge in [0.2, 0.25) is 0 Å². The summed E-state index contributed by atoms with van der Waals surface area (Å²) in [5, 5.41) is 0.618. The molecule has 1 heterocycles. The molecular weight excluding hydrogens is 436 g/mol. The van der Waals surface area contributed by atoms with E-state index in [0.717, 1.165) is 29.1 Å². The fourth-order valence-corrected chi connectivity index (χ4v) is 5.03. The fraction of sp³-hybridized carbons (Fsp3) is 0.423. The number of nitrogens with zero attached hydrogens (tertiary/aromatic N) is 2. The van der Waals surface area contributed by atoms with Gasteiger partial charge < -0.3 is 9.47 Å². The smallest absolute Gasteiger partial charge is 0.322 e. The molecule has 0 radical (unpaired) electrons. The first kappa shape index (κ1) is 24.8. The second-order valence-corrected chi connectivity index (χ2v) is 9.56. The lowest BCUT2D eigenvalue weighted by Gasteiger charge is -2.26. The molecule has 0 spiro atoms. The van der Waals surface area contributed by atoms with Crippen molar-refractivity contribution in [1.29, 1.82) is 0 Å². The highest BCUT2D eigenvalue weighted by Crippen LogP contribution is 2.38. The minimum absolute atomic E-state index is 0.0398. The van der Waals surface area contributed by atoms with Crippen molar-refractivity contribution in [3.05, 3.63) is 64.7 Å². The number of carbonyl (C=O) groups is 1. The number of benzene rings is 2. The van der Waals surface area contributed by atoms with Crippen LogP contribution in [0.15, 0.2) is 58.2 Å². The molecule has 0 saturated carbocycles. The number of aryl methyl sites for hydroxylation is 1. The van der Waals surface area contributed by atoms with Crippen molar-refractivity contribution in [3.8, 4) is 5.75 Å². The summed E-state index contributed by atoms with van der Waals surface area (Å²) in [7, 11) is 0. The molecule has 3 rings (SSSR count). The number of rotatable bonds is 11. The number of esters is 1. The van der Waals surface area contributed by atoms with E-state index in [0.29, 0.717) is 37.3 Å². The van der Waals surface area contributed by atoms with Crippen LogP contribution in [-0.4, -0.2) is 33.5 Å². The Balaban J connectivity index is 1.66. The van der Waals surface area contributed by atoms with E-state index in [9.17, 15) is 9.59 Å². The minimum atomic E-state index is -0.617. The summed E-state index contributed by atoms with van der Waals surface area (Å²) in [6.45, 7) is 8.98. The van der Waals surface area contributed by atoms with Gasteiger partial charge in [0.25, 0.3) is 5.56 Å². The monoisotopic (exact) mass is 468 g/mol. The van der Waals surface area contributed by atoms with E-state index >= 15 is 0 Å². The van der Waals surface area contributed by atoms with E-state index in [1.807, 2.05) is 63.2 Å². The van der Waals surface area contributed by atoms with Crippen LogP contribution in [0.25, 0.3) is 10.9 Å². The van der Waals surface area contributed by atoms with E-state index in [2.05, 4.69) is 11.9 Å². The first-order valence-corrected chi connectivity index (χ1v) is 12.3. The van der Waals surface area contributed by atoms with Gasteiger partial charge in [-0.05, 0) is 56.7 Å². The van der Waals surface area contributed by atoms with E-state index in [1.165, 1.54) is 11.8 Å². The molecule has 2 aromatic carbocycles. The molecule has 0 N–H and O–H groups in total. The Labute approximate surface area is 199 Å². The molecule has 3 aromatic rings. The number of para-hydroxylation sites is 1. The van der Waals surface area contributed by atoms with Crippen LogP contribution in [-0.2, 0) is 22.5 Å². The van der Waals surface area contributed by atoms with Crippen molar-refractivity contribution < 1.29 is 14.3 Å². The second-order valence-electron chi connectivity index (χ2n) is 7.98. The lowest BCUT2D eigenvalue weighted by atomic mass is 10.1. The number of fused-ring (bicyclic) bond motifs is 1. The Morgan fingerprint density at radius 3 is 2.48 bits per heavy atom. The molecule has 7 heteroatoms. The van der Waals surface area contributed by atoms with Crippen molar-refractivity contribution in [2.75, 3.05) is 13.2 Å². The maximum absolute atomic E-state index is 12.9. The van der Waals surface area contributed by atoms with E-state index < -0.39 is 4.75 Å². The third-order valence-corrected chi connectivity index (χ3v) is 6.77. The van der Waals surface area contributed by atoms with Gasteiger partial charge in [-0.2, -0.15) is 0 Å². The van der Waals surface area contributed by atoms with Crippen molar-refractivity contribution in [2.24, 2.45) is 0 Å². The molecule has 0 amide bonds. The van der Waals surface area contributed by atoms with E-state index in [-0.39, 0.29) is 11.5 Å². The Bertz CT molecular complexity index is 1140. The van der Waals surface area contributed by atoms with E-state index in [4.69, 9.17) is 9.47 Å². The van der Waals surface area contributed by atoms with Gasteiger partial charge in [0.15, 0.2) is 0 Å². The Morgan fingerprint density at radius 1 is 1.09 bits per heavy atom. The quantitative estimate of drug-likeness (QED) is 0.283. The number of thioether (sulfide) groups is 1. The molecule has 0 aliphatic carbocycles. The molecule has 0 aliphatic heterocycles. The molecule has 176 valence electrons. The number of ether oxygens (including phenoxy) is 2. The average Bonchev–Trinajstić information content (AvgIpc) is 2.81. The molecular formula is C26H32N2O4S. The van der Waals surface area contributed by atoms with Gasteiger partial charge in [-0.3, -0.25) is 14.2 Å². The average molecular weight is 469 g/mol. The maximum Gasteiger partial charge on any atom is 0.322 e. The van der Waals surface area contributed by atoms with Crippen LogP contribution < -0.4 is 10.3 Å². The third-order valence-electron chi connectivity index (χ3n) is 5.44. The first-order valence-electron chi connectivity index (χ1n) is 11.5. The zero-order chi connectivity index (χ0) is 23.8. The van der Waals surface area contributed by atoms with Crippen LogP contribution in [0, 0.1) is 0 Å². The van der Waals surface area contributed by atoms with Crippen LogP contribution >= 0.6 is 11.8 Å². The lowest BCUT2D eigenvalue weighted by Crippen LogP contribution is -2.33.